The Kier molecular flexibility index (Phi) is 10.1. The van der Waals surface area contributed by atoms with Crippen molar-refractivity contribution in [2.75, 3.05) is 44.4 Å². The molecule has 3 aromatic rings. The van der Waals surface area contributed by atoms with Crippen molar-refractivity contribution in [3.05, 3.63) is 81.0 Å². The van der Waals surface area contributed by atoms with Crippen LogP contribution < -0.4 is 27.2 Å². The summed E-state index contributed by atoms with van der Waals surface area (Å²) in [7, 11) is 3.82. The zero-order chi connectivity index (χ0) is 33.0. The van der Waals surface area contributed by atoms with E-state index in [0.717, 1.165) is 12.8 Å². The van der Waals surface area contributed by atoms with Gasteiger partial charge in [-0.3, -0.25) is 23.5 Å². The molecule has 0 radical (unpaired) electrons. The first-order chi connectivity index (χ1) is 22.0. The summed E-state index contributed by atoms with van der Waals surface area (Å²) in [6, 6.07) is 11.1. The molecule has 12 nitrogen and oxygen atoms in total. The molecule has 2 fully saturated rings. The summed E-state index contributed by atoms with van der Waals surface area (Å²) in [5.41, 5.74) is 1.27. The van der Waals surface area contributed by atoms with Crippen LogP contribution in [-0.4, -0.2) is 76.6 Å². The van der Waals surface area contributed by atoms with Crippen LogP contribution in [0.2, 0.25) is 0 Å². The van der Waals surface area contributed by atoms with Gasteiger partial charge in [-0.25, -0.2) is 9.59 Å². The molecule has 0 spiro atoms. The highest BCUT2D eigenvalue weighted by Crippen LogP contribution is 2.30. The van der Waals surface area contributed by atoms with Gasteiger partial charge in [0.2, 0.25) is 5.91 Å². The highest BCUT2D eigenvalue weighted by Gasteiger charge is 2.27. The number of nitrogens with zero attached hydrogens (tertiary/aromatic N) is 4. The van der Waals surface area contributed by atoms with Gasteiger partial charge < -0.3 is 25.8 Å². The van der Waals surface area contributed by atoms with Gasteiger partial charge in [0.15, 0.2) is 0 Å². The number of likely N-dealkylation sites (tertiary alicyclic amines) is 1. The predicted molar refractivity (Wildman–Crippen MR) is 179 cm³/mol. The Morgan fingerprint density at radius 1 is 1.00 bits per heavy atom. The number of rotatable bonds is 10. The number of anilines is 2. The fourth-order valence-corrected chi connectivity index (χ4v) is 5.72. The average molecular weight is 630 g/mol. The van der Waals surface area contributed by atoms with Crippen molar-refractivity contribution in [3.63, 3.8) is 0 Å². The number of aromatic nitrogens is 2. The molecule has 244 valence electrons. The van der Waals surface area contributed by atoms with Gasteiger partial charge in [-0.2, -0.15) is 0 Å². The molecular weight excluding hydrogens is 586 g/mol. The van der Waals surface area contributed by atoms with E-state index in [9.17, 15) is 24.0 Å². The lowest BCUT2D eigenvalue weighted by atomic mass is 10.1. The SMILES string of the molecule is CC(C)n1c(=O)n(CC2CC2)c(=O)c2cc(NC(=O)N3CCCC(NC(=O)c4cccc(NC(=O)/C=C/CN(C)C)c4)C3)ccc21. The molecule has 1 saturated carbocycles. The smallest absolute Gasteiger partial charge is 0.331 e. The minimum absolute atomic E-state index is 0.140. The van der Waals surface area contributed by atoms with Crippen molar-refractivity contribution >= 4 is 40.1 Å². The van der Waals surface area contributed by atoms with Gasteiger partial charge in [-0.05, 0) is 95.9 Å². The Morgan fingerprint density at radius 2 is 1.76 bits per heavy atom. The van der Waals surface area contributed by atoms with Gasteiger partial charge in [0.05, 0.1) is 10.9 Å². The number of hydrogen-bond donors (Lipinski definition) is 3. The van der Waals surface area contributed by atoms with E-state index < -0.39 is 0 Å². The quantitative estimate of drug-likeness (QED) is 0.293. The second kappa shape index (κ2) is 14.2. The number of hydrogen-bond acceptors (Lipinski definition) is 6. The van der Waals surface area contributed by atoms with Crippen LogP contribution in [0.5, 0.6) is 0 Å². The molecule has 1 saturated heterocycles. The zero-order valence-electron chi connectivity index (χ0n) is 26.9. The van der Waals surface area contributed by atoms with E-state index in [1.807, 2.05) is 32.8 Å². The molecule has 1 aromatic heterocycles. The van der Waals surface area contributed by atoms with E-state index >= 15 is 0 Å². The number of piperidine rings is 1. The van der Waals surface area contributed by atoms with Gasteiger partial charge in [0, 0.05) is 61.3 Å². The second-order valence-corrected chi connectivity index (χ2v) is 12.8. The Balaban J connectivity index is 1.23. The van der Waals surface area contributed by atoms with Crippen LogP contribution in [0, 0.1) is 5.92 Å². The first-order valence-electron chi connectivity index (χ1n) is 15.9. The van der Waals surface area contributed by atoms with Gasteiger partial charge in [-0.15, -0.1) is 0 Å². The molecule has 0 bridgehead atoms. The number of amides is 4. The van der Waals surface area contributed by atoms with Crippen LogP contribution in [0.25, 0.3) is 10.9 Å². The van der Waals surface area contributed by atoms with E-state index in [0.29, 0.717) is 72.8 Å². The number of carbonyl (C=O) groups is 3. The minimum atomic E-state index is -0.343. The van der Waals surface area contributed by atoms with E-state index in [1.165, 1.54) is 10.6 Å². The third-order valence-electron chi connectivity index (χ3n) is 8.25. The number of fused-ring (bicyclic) bond motifs is 1. The maximum Gasteiger partial charge on any atom is 0.331 e. The van der Waals surface area contributed by atoms with E-state index in [2.05, 4.69) is 16.0 Å². The normalized spacial score (nSPS) is 16.7. The largest absolute Gasteiger partial charge is 0.348 e. The summed E-state index contributed by atoms with van der Waals surface area (Å²) in [6.07, 6.45) is 6.66. The predicted octanol–water partition coefficient (Wildman–Crippen LogP) is 3.64. The van der Waals surface area contributed by atoms with Crippen LogP contribution in [0.1, 0.15) is 55.9 Å². The highest BCUT2D eigenvalue weighted by molar-refractivity contribution is 6.01. The van der Waals surface area contributed by atoms with Crippen molar-refractivity contribution in [2.45, 2.75) is 58.2 Å². The number of carbonyl (C=O) groups excluding carboxylic acids is 3. The second-order valence-electron chi connectivity index (χ2n) is 12.8. The standard InChI is InChI=1S/C34H43N7O5/c1-22(2)41-29-15-14-26(19-28(29)32(44)40(34(41)46)20-23-12-13-23)37-33(45)39-17-6-10-27(21-39)36-31(43)24-8-5-9-25(18-24)35-30(42)11-7-16-38(3)4/h5,7-9,11,14-15,18-19,22-23,27H,6,10,12-13,16-17,20-21H2,1-4H3,(H,35,42)(H,36,43)(H,37,45)/b11-7+. The Hall–Kier alpha value is -4.71. The van der Waals surface area contributed by atoms with Crippen molar-refractivity contribution < 1.29 is 14.4 Å². The summed E-state index contributed by atoms with van der Waals surface area (Å²) in [4.78, 5) is 68.8. The number of benzene rings is 2. The monoisotopic (exact) mass is 629 g/mol. The highest BCUT2D eigenvalue weighted by atomic mass is 16.2. The molecule has 2 aliphatic rings. The number of urea groups is 1. The third-order valence-corrected chi connectivity index (χ3v) is 8.25. The van der Waals surface area contributed by atoms with Gasteiger partial charge in [0.1, 0.15) is 0 Å². The topological polar surface area (TPSA) is 138 Å². The summed E-state index contributed by atoms with van der Waals surface area (Å²) < 4.78 is 2.96. The number of likely N-dealkylation sites (N-methyl/N-ethyl adjacent to an activating group) is 1. The van der Waals surface area contributed by atoms with Crippen LogP contribution in [0.15, 0.2) is 64.2 Å². The molecule has 1 atom stereocenters. The third kappa shape index (κ3) is 7.92. The molecule has 2 heterocycles. The fourth-order valence-electron chi connectivity index (χ4n) is 5.72. The lowest BCUT2D eigenvalue weighted by Gasteiger charge is -2.33. The molecule has 1 aliphatic carbocycles. The molecule has 2 aromatic carbocycles. The van der Waals surface area contributed by atoms with Crippen molar-refractivity contribution in [2.24, 2.45) is 5.92 Å². The van der Waals surface area contributed by atoms with Crippen LogP contribution in [-0.2, 0) is 11.3 Å². The van der Waals surface area contributed by atoms with Crippen molar-refractivity contribution in [3.8, 4) is 0 Å². The van der Waals surface area contributed by atoms with E-state index in [1.54, 1.807) is 58.0 Å². The number of nitrogens with one attached hydrogen (secondary N) is 3. The molecule has 1 aliphatic heterocycles. The van der Waals surface area contributed by atoms with Gasteiger partial charge in [0.25, 0.3) is 11.5 Å². The summed E-state index contributed by atoms with van der Waals surface area (Å²) in [6.45, 7) is 5.71. The van der Waals surface area contributed by atoms with Crippen LogP contribution >= 0.6 is 0 Å². The molecular formula is C34H43N7O5. The maximum absolute atomic E-state index is 13.4. The Labute approximate surface area is 268 Å². The summed E-state index contributed by atoms with van der Waals surface area (Å²) in [5.74, 6) is -0.221. The molecule has 46 heavy (non-hydrogen) atoms. The fraction of sp³-hybridized carbons (Fsp3) is 0.441. The van der Waals surface area contributed by atoms with Gasteiger partial charge in [-0.1, -0.05) is 12.1 Å². The molecule has 12 heteroatoms. The first kappa shape index (κ1) is 32.7. The van der Waals surface area contributed by atoms with Crippen molar-refractivity contribution in [1.82, 2.24) is 24.3 Å². The van der Waals surface area contributed by atoms with Crippen molar-refractivity contribution in [1.29, 1.82) is 0 Å². The van der Waals surface area contributed by atoms with E-state index in [-0.39, 0.29) is 41.2 Å². The maximum atomic E-state index is 13.4. The average Bonchev–Trinajstić information content (AvgIpc) is 3.84. The Morgan fingerprint density at radius 3 is 2.48 bits per heavy atom. The lowest BCUT2D eigenvalue weighted by Crippen LogP contribution is -2.50. The minimum Gasteiger partial charge on any atom is -0.348 e. The Bertz CT molecular complexity index is 1770. The molecule has 4 amide bonds. The van der Waals surface area contributed by atoms with Crippen LogP contribution in [0.3, 0.4) is 0 Å². The summed E-state index contributed by atoms with van der Waals surface area (Å²) >= 11 is 0. The van der Waals surface area contributed by atoms with E-state index in [4.69, 9.17) is 0 Å². The summed E-state index contributed by atoms with van der Waals surface area (Å²) in [5, 5.41) is 9.10. The van der Waals surface area contributed by atoms with Crippen LogP contribution in [0.4, 0.5) is 16.2 Å². The molecule has 1 unspecified atom stereocenters. The first-order valence-corrected chi connectivity index (χ1v) is 15.9. The molecule has 3 N–H and O–H groups in total. The lowest BCUT2D eigenvalue weighted by molar-refractivity contribution is -0.111. The zero-order valence-corrected chi connectivity index (χ0v) is 26.9. The molecule has 5 rings (SSSR count). The van der Waals surface area contributed by atoms with Gasteiger partial charge >= 0.3 is 11.7 Å².